The summed E-state index contributed by atoms with van der Waals surface area (Å²) in [6, 6.07) is 9.70. The van der Waals surface area contributed by atoms with Gasteiger partial charge in [0.2, 0.25) is 11.8 Å². The van der Waals surface area contributed by atoms with Gasteiger partial charge in [-0.1, -0.05) is 12.1 Å². The molecule has 2 bridgehead atoms. The van der Waals surface area contributed by atoms with Gasteiger partial charge in [-0.25, -0.2) is 4.90 Å². The summed E-state index contributed by atoms with van der Waals surface area (Å²) in [6.07, 6.45) is 1.61. The molecule has 4 atom stereocenters. The summed E-state index contributed by atoms with van der Waals surface area (Å²) in [5, 5.41) is 4.49. The molecule has 0 spiro atoms. The van der Waals surface area contributed by atoms with E-state index in [-0.39, 0.29) is 35.9 Å². The van der Waals surface area contributed by atoms with Crippen molar-refractivity contribution in [2.75, 3.05) is 4.90 Å². The van der Waals surface area contributed by atoms with E-state index in [0.29, 0.717) is 12.2 Å². The number of imide groups is 1. The normalized spacial score (nSPS) is 29.7. The number of ether oxygens (including phenoxy) is 1. The Hall–Kier alpha value is -2.47. The van der Waals surface area contributed by atoms with Crippen LogP contribution in [0, 0.1) is 25.7 Å². The molecule has 2 aromatic rings. The van der Waals surface area contributed by atoms with Crippen molar-refractivity contribution in [3.8, 4) is 0 Å². The molecule has 6 nitrogen and oxygen atoms in total. The number of nitrogens with zero attached hydrogens (tertiary/aromatic N) is 3. The minimum absolute atomic E-state index is 0.0793. The number of benzene rings is 1. The van der Waals surface area contributed by atoms with Crippen molar-refractivity contribution in [3.05, 3.63) is 47.3 Å². The maximum Gasteiger partial charge on any atom is 0.240 e. The number of carbonyl (C=O) groups is 2. The number of rotatable bonds is 3. The molecule has 0 aliphatic carbocycles. The quantitative estimate of drug-likeness (QED) is 0.796. The lowest BCUT2D eigenvalue weighted by atomic mass is 9.81. The third kappa shape index (κ3) is 2.18. The molecule has 2 amide bonds. The van der Waals surface area contributed by atoms with Gasteiger partial charge in [0.15, 0.2) is 0 Å². The van der Waals surface area contributed by atoms with Crippen LogP contribution < -0.4 is 4.90 Å². The average molecular weight is 351 g/mol. The van der Waals surface area contributed by atoms with E-state index < -0.39 is 0 Å². The zero-order valence-electron chi connectivity index (χ0n) is 14.9. The minimum Gasteiger partial charge on any atom is -0.373 e. The third-order valence-corrected chi connectivity index (χ3v) is 5.89. The molecular formula is C20H21N3O3. The van der Waals surface area contributed by atoms with E-state index in [1.54, 1.807) is 0 Å². The van der Waals surface area contributed by atoms with Crippen LogP contribution in [0.25, 0.3) is 0 Å². The molecule has 0 N–H and O–H groups in total. The summed E-state index contributed by atoms with van der Waals surface area (Å²) in [4.78, 5) is 27.2. The van der Waals surface area contributed by atoms with Gasteiger partial charge in [-0.05, 0) is 50.5 Å². The van der Waals surface area contributed by atoms with E-state index in [1.165, 1.54) is 4.90 Å². The Balaban J connectivity index is 1.45. The van der Waals surface area contributed by atoms with Crippen molar-refractivity contribution >= 4 is 17.5 Å². The second-order valence-corrected chi connectivity index (χ2v) is 7.61. The fourth-order valence-corrected chi connectivity index (χ4v) is 4.77. The summed E-state index contributed by atoms with van der Waals surface area (Å²) >= 11 is 0. The van der Waals surface area contributed by atoms with Crippen LogP contribution in [-0.4, -0.2) is 33.8 Å². The molecule has 1 aromatic carbocycles. The van der Waals surface area contributed by atoms with Crippen LogP contribution >= 0.6 is 0 Å². The lowest BCUT2D eigenvalue weighted by Gasteiger charge is -2.18. The molecule has 26 heavy (non-hydrogen) atoms. The Kier molecular flexibility index (Phi) is 3.34. The zero-order valence-corrected chi connectivity index (χ0v) is 14.9. The first-order chi connectivity index (χ1) is 12.5. The van der Waals surface area contributed by atoms with E-state index in [4.69, 9.17) is 4.74 Å². The van der Waals surface area contributed by atoms with Crippen molar-refractivity contribution in [1.29, 1.82) is 0 Å². The highest BCUT2D eigenvalue weighted by Crippen LogP contribution is 2.49. The molecule has 6 heteroatoms. The van der Waals surface area contributed by atoms with E-state index in [9.17, 15) is 9.59 Å². The van der Waals surface area contributed by atoms with Gasteiger partial charge >= 0.3 is 0 Å². The molecule has 0 unspecified atom stereocenters. The van der Waals surface area contributed by atoms with Gasteiger partial charge in [0, 0.05) is 5.69 Å². The monoisotopic (exact) mass is 351 g/mol. The number of amides is 2. The number of hydrogen-bond acceptors (Lipinski definition) is 4. The number of aryl methyl sites for hydroxylation is 2. The SMILES string of the molecule is Cc1cc(C)n(Cc2cccc(N3C(=O)[C@@H]4[C@@H](C3=O)[C@@H]3CC[C@@H]4O3)c2)n1. The zero-order chi connectivity index (χ0) is 18.0. The Bertz CT molecular complexity index is 891. The predicted octanol–water partition coefficient (Wildman–Crippen LogP) is 2.22. The van der Waals surface area contributed by atoms with Crippen LogP contribution in [0.4, 0.5) is 5.69 Å². The van der Waals surface area contributed by atoms with Gasteiger partial charge in [0.1, 0.15) is 0 Å². The predicted molar refractivity (Wildman–Crippen MR) is 94.6 cm³/mol. The van der Waals surface area contributed by atoms with Crippen molar-refractivity contribution in [2.24, 2.45) is 11.8 Å². The number of fused-ring (bicyclic) bond motifs is 5. The molecule has 3 aliphatic rings. The summed E-state index contributed by atoms with van der Waals surface area (Å²) in [5.41, 5.74) is 3.75. The van der Waals surface area contributed by atoms with E-state index in [2.05, 4.69) is 5.10 Å². The number of hydrogen-bond donors (Lipinski definition) is 0. The fourth-order valence-electron chi connectivity index (χ4n) is 4.77. The third-order valence-electron chi connectivity index (χ3n) is 5.89. The average Bonchev–Trinajstić information content (AvgIpc) is 3.34. The largest absolute Gasteiger partial charge is 0.373 e. The Morgan fingerprint density at radius 1 is 1.08 bits per heavy atom. The van der Waals surface area contributed by atoms with Gasteiger partial charge in [0.25, 0.3) is 0 Å². The minimum atomic E-state index is -0.291. The molecule has 4 heterocycles. The first-order valence-corrected chi connectivity index (χ1v) is 9.16. The molecule has 3 fully saturated rings. The van der Waals surface area contributed by atoms with Gasteiger partial charge in [0.05, 0.1) is 42.0 Å². The topological polar surface area (TPSA) is 64.4 Å². The highest BCUT2D eigenvalue weighted by Gasteiger charge is 2.62. The lowest BCUT2D eigenvalue weighted by molar-refractivity contribution is -0.124. The number of carbonyl (C=O) groups excluding carboxylic acids is 2. The summed E-state index contributed by atoms with van der Waals surface area (Å²) in [5.74, 6) is -0.784. The Labute approximate surface area is 151 Å². The van der Waals surface area contributed by atoms with Gasteiger partial charge in [-0.2, -0.15) is 5.10 Å². The van der Waals surface area contributed by atoms with E-state index in [1.807, 2.05) is 48.9 Å². The van der Waals surface area contributed by atoms with E-state index >= 15 is 0 Å². The van der Waals surface area contributed by atoms with E-state index in [0.717, 1.165) is 29.8 Å². The van der Waals surface area contributed by atoms with Crippen LogP contribution in [0.15, 0.2) is 30.3 Å². The molecular weight excluding hydrogens is 330 g/mol. The Morgan fingerprint density at radius 3 is 2.38 bits per heavy atom. The summed E-state index contributed by atoms with van der Waals surface area (Å²) in [7, 11) is 0. The molecule has 3 aliphatic heterocycles. The number of aromatic nitrogens is 2. The maximum atomic E-state index is 12.9. The molecule has 0 saturated carbocycles. The standard InChI is InChI=1S/C20H21N3O3/c1-11-8-12(2)22(21-11)10-13-4-3-5-14(9-13)23-19(24)17-15-6-7-16(26-15)18(17)20(23)25/h3-5,8-9,15-18H,6-7,10H2,1-2H3/t15-,16-,17-,18-/m0/s1. The highest BCUT2D eigenvalue weighted by atomic mass is 16.5. The van der Waals surface area contributed by atoms with Crippen molar-refractivity contribution in [2.45, 2.75) is 45.4 Å². The smallest absolute Gasteiger partial charge is 0.240 e. The van der Waals surface area contributed by atoms with Crippen LogP contribution in [0.3, 0.4) is 0 Å². The van der Waals surface area contributed by atoms with Crippen molar-refractivity contribution in [3.63, 3.8) is 0 Å². The van der Waals surface area contributed by atoms with Crippen molar-refractivity contribution in [1.82, 2.24) is 9.78 Å². The van der Waals surface area contributed by atoms with Gasteiger partial charge in [-0.15, -0.1) is 0 Å². The van der Waals surface area contributed by atoms with Gasteiger partial charge < -0.3 is 4.74 Å². The summed E-state index contributed by atoms with van der Waals surface area (Å²) in [6.45, 7) is 4.61. The number of anilines is 1. The second kappa shape index (κ2) is 5.51. The van der Waals surface area contributed by atoms with Crippen LogP contribution in [0.5, 0.6) is 0 Å². The molecule has 3 saturated heterocycles. The molecule has 134 valence electrons. The molecule has 1 aromatic heterocycles. The lowest BCUT2D eigenvalue weighted by Crippen LogP contribution is -2.34. The Morgan fingerprint density at radius 2 is 1.77 bits per heavy atom. The van der Waals surface area contributed by atoms with Crippen LogP contribution in [0.2, 0.25) is 0 Å². The van der Waals surface area contributed by atoms with Gasteiger partial charge in [-0.3, -0.25) is 14.3 Å². The summed E-state index contributed by atoms with van der Waals surface area (Å²) < 4.78 is 7.74. The first-order valence-electron chi connectivity index (χ1n) is 9.16. The fraction of sp³-hybridized carbons (Fsp3) is 0.450. The van der Waals surface area contributed by atoms with Crippen molar-refractivity contribution < 1.29 is 14.3 Å². The first kappa shape index (κ1) is 15.8. The maximum absolute atomic E-state index is 12.9. The highest BCUT2D eigenvalue weighted by molar-refractivity contribution is 6.22. The van der Waals surface area contributed by atoms with Crippen LogP contribution in [-0.2, 0) is 20.9 Å². The molecule has 0 radical (unpaired) electrons. The van der Waals surface area contributed by atoms with Crippen LogP contribution in [0.1, 0.15) is 29.8 Å². The molecule has 5 rings (SSSR count). The second-order valence-electron chi connectivity index (χ2n) is 7.61.